The fourth-order valence-corrected chi connectivity index (χ4v) is 2.35. The molecule has 0 aromatic heterocycles. The number of hydrogen-bond donors (Lipinski definition) is 0. The number of alkyl halides is 3. The van der Waals surface area contributed by atoms with E-state index in [1.54, 1.807) is 0 Å². The Bertz CT molecular complexity index is 466. The summed E-state index contributed by atoms with van der Waals surface area (Å²) in [6, 6.07) is 2.79. The number of Topliss-reactive ketones (excluding diaryl/α,β-unsaturated/α-hetero) is 1. The Kier molecular flexibility index (Phi) is 3.17. The van der Waals surface area contributed by atoms with Crippen LogP contribution in [0.15, 0.2) is 12.1 Å². The number of fused-ring (bicyclic) bond motifs is 1. The van der Waals surface area contributed by atoms with Crippen LogP contribution < -0.4 is 0 Å². The monoisotopic (exact) mass is 262 g/mol. The molecule has 0 amide bonds. The molecule has 0 bridgehead atoms. The first-order valence-corrected chi connectivity index (χ1v) is 5.70. The standard InChI is InChI=1S/C12H10ClF3O/c13-10-6-8-4-2-1-3-7(8)5-9(10)11(17)12(14,15)16/h5-6H,1-4H2. The van der Waals surface area contributed by atoms with Crippen LogP contribution in [-0.4, -0.2) is 12.0 Å². The van der Waals surface area contributed by atoms with Gasteiger partial charge in [-0.3, -0.25) is 4.79 Å². The molecule has 0 fully saturated rings. The van der Waals surface area contributed by atoms with Crippen LogP contribution in [0.2, 0.25) is 5.02 Å². The summed E-state index contributed by atoms with van der Waals surface area (Å²) in [4.78, 5) is 11.2. The Labute approximate surface area is 102 Å². The van der Waals surface area contributed by atoms with Crippen molar-refractivity contribution in [3.05, 3.63) is 33.8 Å². The minimum Gasteiger partial charge on any atom is -0.284 e. The predicted octanol–water partition coefficient (Wildman–Crippen LogP) is 3.96. The molecule has 5 heteroatoms. The summed E-state index contributed by atoms with van der Waals surface area (Å²) in [6.45, 7) is 0. The number of rotatable bonds is 1. The molecule has 1 aliphatic carbocycles. The van der Waals surface area contributed by atoms with Crippen molar-refractivity contribution in [1.82, 2.24) is 0 Å². The molecule has 1 aliphatic rings. The van der Waals surface area contributed by atoms with E-state index in [1.165, 1.54) is 12.1 Å². The zero-order chi connectivity index (χ0) is 12.6. The molecule has 0 spiro atoms. The quantitative estimate of drug-likeness (QED) is 0.700. The summed E-state index contributed by atoms with van der Waals surface area (Å²) >= 11 is 5.74. The van der Waals surface area contributed by atoms with E-state index in [0.717, 1.165) is 30.4 Å². The SMILES string of the molecule is O=C(c1cc2c(cc1Cl)CCCC2)C(F)(F)F. The molecule has 0 heterocycles. The van der Waals surface area contributed by atoms with E-state index in [-0.39, 0.29) is 5.02 Å². The normalized spacial score (nSPS) is 15.5. The van der Waals surface area contributed by atoms with Crippen LogP contribution in [0.4, 0.5) is 13.2 Å². The van der Waals surface area contributed by atoms with E-state index in [2.05, 4.69) is 0 Å². The van der Waals surface area contributed by atoms with Gasteiger partial charge in [0, 0.05) is 5.56 Å². The third-order valence-electron chi connectivity index (χ3n) is 2.93. The van der Waals surface area contributed by atoms with Gasteiger partial charge in [0.25, 0.3) is 5.78 Å². The first-order chi connectivity index (χ1) is 7.89. The maximum absolute atomic E-state index is 12.3. The first kappa shape index (κ1) is 12.4. The molecule has 1 aromatic carbocycles. The summed E-state index contributed by atoms with van der Waals surface area (Å²) in [7, 11) is 0. The molecule has 2 rings (SSSR count). The molecule has 1 nitrogen and oxygen atoms in total. The molecule has 0 saturated heterocycles. The van der Waals surface area contributed by atoms with Gasteiger partial charge >= 0.3 is 6.18 Å². The van der Waals surface area contributed by atoms with Crippen molar-refractivity contribution in [2.75, 3.05) is 0 Å². The summed E-state index contributed by atoms with van der Waals surface area (Å²) in [5.41, 5.74) is 1.34. The molecule has 0 N–H and O–H groups in total. The van der Waals surface area contributed by atoms with Crippen molar-refractivity contribution in [2.24, 2.45) is 0 Å². The van der Waals surface area contributed by atoms with Crippen LogP contribution in [0.1, 0.15) is 34.3 Å². The number of ketones is 1. The fraction of sp³-hybridized carbons (Fsp3) is 0.417. The number of hydrogen-bond acceptors (Lipinski definition) is 1. The molecule has 0 aliphatic heterocycles. The summed E-state index contributed by atoms with van der Waals surface area (Å²) in [5, 5.41) is -0.104. The lowest BCUT2D eigenvalue weighted by Crippen LogP contribution is -2.23. The second-order valence-corrected chi connectivity index (χ2v) is 4.54. The first-order valence-electron chi connectivity index (χ1n) is 5.32. The van der Waals surface area contributed by atoms with Crippen LogP contribution in [0.5, 0.6) is 0 Å². The van der Waals surface area contributed by atoms with Crippen molar-refractivity contribution in [2.45, 2.75) is 31.9 Å². The average molecular weight is 263 g/mol. The average Bonchev–Trinajstić information content (AvgIpc) is 2.26. The highest BCUT2D eigenvalue weighted by atomic mass is 35.5. The lowest BCUT2D eigenvalue weighted by molar-refractivity contribution is -0.0885. The highest BCUT2D eigenvalue weighted by Crippen LogP contribution is 2.31. The molecule has 0 saturated carbocycles. The van der Waals surface area contributed by atoms with E-state index in [4.69, 9.17) is 11.6 Å². The molecule has 0 atom stereocenters. The Hall–Kier alpha value is -1.03. The largest absolute Gasteiger partial charge is 0.454 e. The molecule has 92 valence electrons. The van der Waals surface area contributed by atoms with Gasteiger partial charge in [-0.2, -0.15) is 13.2 Å². The van der Waals surface area contributed by atoms with Crippen molar-refractivity contribution >= 4 is 17.4 Å². The number of halogens is 4. The molecule has 0 radical (unpaired) electrons. The third-order valence-corrected chi connectivity index (χ3v) is 3.25. The van der Waals surface area contributed by atoms with Crippen molar-refractivity contribution in [3.8, 4) is 0 Å². The van der Waals surface area contributed by atoms with Gasteiger partial charge in [-0.05, 0) is 48.9 Å². The lowest BCUT2D eigenvalue weighted by Gasteiger charge is -2.17. The number of aryl methyl sites for hydroxylation is 2. The highest BCUT2D eigenvalue weighted by molar-refractivity contribution is 6.34. The highest BCUT2D eigenvalue weighted by Gasteiger charge is 2.40. The zero-order valence-electron chi connectivity index (χ0n) is 8.90. The van der Waals surface area contributed by atoms with Crippen LogP contribution in [0.25, 0.3) is 0 Å². The second kappa shape index (κ2) is 4.33. The van der Waals surface area contributed by atoms with E-state index in [1.807, 2.05) is 0 Å². The van der Waals surface area contributed by atoms with Gasteiger partial charge < -0.3 is 0 Å². The van der Waals surface area contributed by atoms with E-state index in [0.29, 0.717) is 6.42 Å². The topological polar surface area (TPSA) is 17.1 Å². The van der Waals surface area contributed by atoms with Crippen LogP contribution in [-0.2, 0) is 12.8 Å². The second-order valence-electron chi connectivity index (χ2n) is 4.13. The number of benzene rings is 1. The summed E-state index contributed by atoms with van der Waals surface area (Å²) in [6.07, 6.45) is -1.39. The van der Waals surface area contributed by atoms with Gasteiger partial charge in [-0.1, -0.05) is 11.6 Å². The van der Waals surface area contributed by atoms with Crippen molar-refractivity contribution < 1.29 is 18.0 Å². The Morgan fingerprint density at radius 3 is 2.18 bits per heavy atom. The van der Waals surface area contributed by atoms with Crippen LogP contribution >= 0.6 is 11.6 Å². The predicted molar refractivity (Wildman–Crippen MR) is 58.5 cm³/mol. The van der Waals surface area contributed by atoms with Crippen molar-refractivity contribution in [1.29, 1.82) is 0 Å². The van der Waals surface area contributed by atoms with E-state index >= 15 is 0 Å². The smallest absolute Gasteiger partial charge is 0.284 e. The molecule has 17 heavy (non-hydrogen) atoms. The minimum atomic E-state index is -4.87. The van der Waals surface area contributed by atoms with Gasteiger partial charge in [-0.15, -0.1) is 0 Å². The minimum absolute atomic E-state index is 0.104. The maximum Gasteiger partial charge on any atom is 0.454 e. The molecule has 1 aromatic rings. The van der Waals surface area contributed by atoms with Crippen molar-refractivity contribution in [3.63, 3.8) is 0 Å². The van der Waals surface area contributed by atoms with Gasteiger partial charge in [0.05, 0.1) is 5.02 Å². The van der Waals surface area contributed by atoms with Gasteiger partial charge in [-0.25, -0.2) is 0 Å². The lowest BCUT2D eigenvalue weighted by atomic mass is 9.89. The fourth-order valence-electron chi connectivity index (χ4n) is 2.08. The molecular formula is C12H10ClF3O. The Morgan fingerprint density at radius 2 is 1.65 bits per heavy atom. The van der Waals surface area contributed by atoms with Gasteiger partial charge in [0.15, 0.2) is 0 Å². The van der Waals surface area contributed by atoms with Crippen LogP contribution in [0.3, 0.4) is 0 Å². The van der Waals surface area contributed by atoms with Gasteiger partial charge in [0.1, 0.15) is 0 Å². The Morgan fingerprint density at radius 1 is 1.12 bits per heavy atom. The maximum atomic E-state index is 12.3. The molecular weight excluding hydrogens is 253 g/mol. The van der Waals surface area contributed by atoms with Gasteiger partial charge in [0.2, 0.25) is 0 Å². The van der Waals surface area contributed by atoms with Crippen LogP contribution in [0, 0.1) is 0 Å². The Balaban J connectivity index is 2.45. The number of carbonyl (C=O) groups excluding carboxylic acids is 1. The third kappa shape index (κ3) is 2.46. The summed E-state index contributed by atoms with van der Waals surface area (Å²) in [5.74, 6) is -1.86. The number of carbonyl (C=O) groups is 1. The summed E-state index contributed by atoms with van der Waals surface area (Å²) < 4.78 is 37.0. The van der Waals surface area contributed by atoms with E-state index < -0.39 is 17.5 Å². The zero-order valence-corrected chi connectivity index (χ0v) is 9.66. The van der Waals surface area contributed by atoms with E-state index in [9.17, 15) is 18.0 Å². The molecule has 0 unspecified atom stereocenters.